The molecule has 0 radical (unpaired) electrons. The van der Waals surface area contributed by atoms with E-state index in [4.69, 9.17) is 5.11 Å². The summed E-state index contributed by atoms with van der Waals surface area (Å²) >= 11 is 0. The van der Waals surface area contributed by atoms with E-state index in [9.17, 15) is 18.0 Å². The molecular formula is C11H6F3N3O2. The Hall–Kier alpha value is -2.64. The monoisotopic (exact) mass is 269 g/mol. The molecule has 5 nitrogen and oxygen atoms in total. The fraction of sp³-hybridized carbons (Fsp3) is 0. The van der Waals surface area contributed by atoms with E-state index in [1.807, 2.05) is 0 Å². The van der Waals surface area contributed by atoms with Gasteiger partial charge in [-0.2, -0.15) is 0 Å². The van der Waals surface area contributed by atoms with Crippen molar-refractivity contribution in [1.29, 1.82) is 0 Å². The van der Waals surface area contributed by atoms with Gasteiger partial charge < -0.3 is 10.4 Å². The van der Waals surface area contributed by atoms with Gasteiger partial charge in [-0.3, -0.25) is 0 Å². The lowest BCUT2D eigenvalue weighted by Gasteiger charge is -2.09. The SMILES string of the molecule is O=C(O)c1cncnc1Nc1c(F)cc(F)cc1F. The van der Waals surface area contributed by atoms with Crippen LogP contribution >= 0.6 is 0 Å². The maximum atomic E-state index is 13.4. The summed E-state index contributed by atoms with van der Waals surface area (Å²) in [6, 6.07) is 0.931. The van der Waals surface area contributed by atoms with Crippen molar-refractivity contribution in [2.75, 3.05) is 5.32 Å². The Balaban J connectivity index is 2.45. The van der Waals surface area contributed by atoms with Crippen LogP contribution in [0.4, 0.5) is 24.7 Å². The molecule has 1 aromatic carbocycles. The number of benzene rings is 1. The van der Waals surface area contributed by atoms with Crippen LogP contribution in [0.1, 0.15) is 10.4 Å². The molecular weight excluding hydrogens is 263 g/mol. The van der Waals surface area contributed by atoms with Crippen molar-refractivity contribution < 1.29 is 23.1 Å². The third-order valence-corrected chi connectivity index (χ3v) is 2.19. The lowest BCUT2D eigenvalue weighted by atomic mass is 10.2. The summed E-state index contributed by atoms with van der Waals surface area (Å²) < 4.78 is 39.5. The highest BCUT2D eigenvalue weighted by Gasteiger charge is 2.16. The average Bonchev–Trinajstić information content (AvgIpc) is 2.34. The molecule has 0 bridgehead atoms. The van der Waals surface area contributed by atoms with Crippen LogP contribution in [0.5, 0.6) is 0 Å². The molecule has 0 saturated carbocycles. The Morgan fingerprint density at radius 2 is 1.84 bits per heavy atom. The largest absolute Gasteiger partial charge is 0.477 e. The van der Waals surface area contributed by atoms with E-state index in [1.165, 1.54) is 0 Å². The first-order valence-corrected chi connectivity index (χ1v) is 4.94. The van der Waals surface area contributed by atoms with E-state index in [-0.39, 0.29) is 11.4 Å². The predicted octanol–water partition coefficient (Wildman–Crippen LogP) is 2.34. The Morgan fingerprint density at radius 1 is 1.21 bits per heavy atom. The molecule has 2 N–H and O–H groups in total. The fourth-order valence-corrected chi connectivity index (χ4v) is 1.37. The van der Waals surface area contributed by atoms with E-state index in [1.54, 1.807) is 0 Å². The van der Waals surface area contributed by atoms with Crippen LogP contribution in [-0.2, 0) is 0 Å². The highest BCUT2D eigenvalue weighted by Crippen LogP contribution is 2.24. The number of anilines is 2. The van der Waals surface area contributed by atoms with Crippen molar-refractivity contribution in [1.82, 2.24) is 9.97 Å². The van der Waals surface area contributed by atoms with E-state index >= 15 is 0 Å². The molecule has 1 heterocycles. The maximum absolute atomic E-state index is 13.4. The number of rotatable bonds is 3. The molecule has 0 amide bonds. The lowest BCUT2D eigenvalue weighted by Crippen LogP contribution is -2.07. The number of halogens is 3. The highest BCUT2D eigenvalue weighted by atomic mass is 19.1. The van der Waals surface area contributed by atoms with Crippen molar-refractivity contribution in [3.05, 3.63) is 47.7 Å². The minimum Gasteiger partial charge on any atom is -0.477 e. The Kier molecular flexibility index (Phi) is 3.32. The van der Waals surface area contributed by atoms with Crippen LogP contribution in [-0.4, -0.2) is 21.0 Å². The molecule has 98 valence electrons. The summed E-state index contributed by atoms with van der Waals surface area (Å²) in [5.74, 6) is -5.15. The van der Waals surface area contributed by atoms with Gasteiger partial charge in [-0.15, -0.1) is 0 Å². The van der Waals surface area contributed by atoms with Gasteiger partial charge in [-0.25, -0.2) is 27.9 Å². The number of aromatic carboxylic acids is 1. The summed E-state index contributed by atoms with van der Waals surface area (Å²) in [5, 5.41) is 11.0. The van der Waals surface area contributed by atoms with Crippen LogP contribution in [0.3, 0.4) is 0 Å². The molecule has 1 aromatic heterocycles. The van der Waals surface area contributed by atoms with Crippen molar-refractivity contribution in [2.45, 2.75) is 0 Å². The van der Waals surface area contributed by atoms with Crippen LogP contribution in [0.15, 0.2) is 24.7 Å². The Morgan fingerprint density at radius 3 is 2.42 bits per heavy atom. The molecule has 0 fully saturated rings. The Bertz CT molecular complexity index is 626. The molecule has 19 heavy (non-hydrogen) atoms. The lowest BCUT2D eigenvalue weighted by molar-refractivity contribution is 0.0697. The van der Waals surface area contributed by atoms with Crippen molar-refractivity contribution >= 4 is 17.5 Å². The van der Waals surface area contributed by atoms with Gasteiger partial charge in [0.05, 0.1) is 0 Å². The minimum atomic E-state index is -1.37. The number of nitrogens with zero attached hydrogens (tertiary/aromatic N) is 2. The fourth-order valence-electron chi connectivity index (χ4n) is 1.37. The van der Waals surface area contributed by atoms with E-state index in [2.05, 4.69) is 15.3 Å². The second kappa shape index (κ2) is 4.92. The number of carboxylic acids is 1. The zero-order valence-corrected chi connectivity index (χ0v) is 9.19. The third kappa shape index (κ3) is 2.62. The third-order valence-electron chi connectivity index (χ3n) is 2.19. The van der Waals surface area contributed by atoms with E-state index in [0.717, 1.165) is 12.5 Å². The second-order valence-corrected chi connectivity index (χ2v) is 3.46. The van der Waals surface area contributed by atoms with Gasteiger partial charge in [0.2, 0.25) is 0 Å². The summed E-state index contributed by atoms with van der Waals surface area (Å²) in [6.45, 7) is 0. The summed E-state index contributed by atoms with van der Waals surface area (Å²) in [5.41, 5.74) is -1.06. The van der Waals surface area contributed by atoms with Gasteiger partial charge in [0.1, 0.15) is 29.2 Å². The van der Waals surface area contributed by atoms with Gasteiger partial charge >= 0.3 is 5.97 Å². The molecule has 0 aliphatic rings. The number of carboxylic acid groups (broad SMARTS) is 1. The number of nitrogens with one attached hydrogen (secondary N) is 1. The van der Waals surface area contributed by atoms with Crippen molar-refractivity contribution in [3.63, 3.8) is 0 Å². The standard InChI is InChI=1S/C11H6F3N3O2/c12-5-1-7(13)9(8(14)2-5)17-10-6(11(18)19)3-15-4-16-10/h1-4H,(H,18,19)(H,15,16,17). The molecule has 8 heteroatoms. The molecule has 0 spiro atoms. The molecule has 0 saturated heterocycles. The van der Waals surface area contributed by atoms with Crippen LogP contribution in [0.2, 0.25) is 0 Å². The smallest absolute Gasteiger partial charge is 0.341 e. The first kappa shape index (κ1) is 12.8. The first-order chi connectivity index (χ1) is 8.99. The van der Waals surface area contributed by atoms with Crippen LogP contribution < -0.4 is 5.32 Å². The van der Waals surface area contributed by atoms with Crippen LogP contribution in [0.25, 0.3) is 0 Å². The van der Waals surface area contributed by atoms with Gasteiger partial charge in [-0.05, 0) is 0 Å². The van der Waals surface area contributed by atoms with Gasteiger partial charge in [0.25, 0.3) is 0 Å². The summed E-state index contributed by atoms with van der Waals surface area (Å²) in [6.07, 6.45) is 1.98. The molecule has 0 atom stereocenters. The first-order valence-electron chi connectivity index (χ1n) is 4.94. The minimum absolute atomic E-state index is 0.299. The highest BCUT2D eigenvalue weighted by molar-refractivity contribution is 5.93. The number of hydrogen-bond acceptors (Lipinski definition) is 4. The number of hydrogen-bond donors (Lipinski definition) is 2. The molecule has 0 aliphatic carbocycles. The van der Waals surface area contributed by atoms with Gasteiger partial charge in [0.15, 0.2) is 11.6 Å². The molecule has 0 unspecified atom stereocenters. The zero-order chi connectivity index (χ0) is 14.0. The number of aromatic nitrogens is 2. The predicted molar refractivity (Wildman–Crippen MR) is 58.6 cm³/mol. The zero-order valence-electron chi connectivity index (χ0n) is 9.19. The maximum Gasteiger partial charge on any atom is 0.341 e. The van der Waals surface area contributed by atoms with E-state index in [0.29, 0.717) is 12.1 Å². The Labute approximate surface area is 104 Å². The number of carbonyl (C=O) groups is 1. The second-order valence-electron chi connectivity index (χ2n) is 3.46. The van der Waals surface area contributed by atoms with E-state index < -0.39 is 29.1 Å². The quantitative estimate of drug-likeness (QED) is 0.894. The average molecular weight is 269 g/mol. The van der Waals surface area contributed by atoms with Gasteiger partial charge in [-0.1, -0.05) is 0 Å². The molecule has 2 rings (SSSR count). The van der Waals surface area contributed by atoms with Crippen LogP contribution in [0, 0.1) is 17.5 Å². The summed E-state index contributed by atoms with van der Waals surface area (Å²) in [7, 11) is 0. The van der Waals surface area contributed by atoms with Crippen molar-refractivity contribution in [2.24, 2.45) is 0 Å². The molecule has 2 aromatic rings. The topological polar surface area (TPSA) is 75.1 Å². The van der Waals surface area contributed by atoms with Crippen molar-refractivity contribution in [3.8, 4) is 0 Å². The molecule has 0 aliphatic heterocycles. The summed E-state index contributed by atoms with van der Waals surface area (Å²) in [4.78, 5) is 17.9. The normalized spacial score (nSPS) is 10.3. The van der Waals surface area contributed by atoms with Gasteiger partial charge in [0, 0.05) is 18.3 Å².